The summed E-state index contributed by atoms with van der Waals surface area (Å²) in [6, 6.07) is 15.1. The summed E-state index contributed by atoms with van der Waals surface area (Å²) in [4.78, 5) is 27.1. The fourth-order valence-corrected chi connectivity index (χ4v) is 9.31. The Hall–Kier alpha value is -4.87. The van der Waals surface area contributed by atoms with Gasteiger partial charge in [0.15, 0.2) is 11.6 Å². The third-order valence-electron chi connectivity index (χ3n) is 10.1. The van der Waals surface area contributed by atoms with E-state index in [1.54, 1.807) is 24.5 Å². The van der Waals surface area contributed by atoms with E-state index in [9.17, 15) is 9.18 Å². The first-order valence-electron chi connectivity index (χ1n) is 16.8. The largest absolute Gasteiger partial charge is 0.493 e. The van der Waals surface area contributed by atoms with Crippen LogP contribution < -0.4 is 10.1 Å². The number of nitrogens with one attached hydrogen (secondary N) is 1. The van der Waals surface area contributed by atoms with Crippen molar-refractivity contribution in [3.63, 3.8) is 0 Å². The number of thiophene rings is 1. The number of amides is 1. The molecule has 0 spiro atoms. The maximum absolute atomic E-state index is 14.5. The first kappa shape index (κ1) is 31.1. The molecule has 1 aliphatic carbocycles. The molecule has 6 heterocycles. The second-order valence-electron chi connectivity index (χ2n) is 13.1. The molecule has 0 saturated carbocycles. The Balaban J connectivity index is 1.20. The van der Waals surface area contributed by atoms with Crippen LogP contribution in [0.3, 0.4) is 0 Å². The van der Waals surface area contributed by atoms with Crippen molar-refractivity contribution in [3.8, 4) is 27.6 Å². The zero-order valence-corrected chi connectivity index (χ0v) is 29.0. The van der Waals surface area contributed by atoms with Crippen molar-refractivity contribution in [1.29, 1.82) is 0 Å². The molecule has 1 unspecified atom stereocenters. The number of fused-ring (bicyclic) bond motifs is 5. The SMILES string of the molecule is COc1c(F)ccc2c1CC[C@@H]2Nc1nccc2cc(-c3c4c(nc(CCc5cccc(Cl)c5)c3-c3nnc(C)o3)C3CCCN3C4=O)sc12. The first-order valence-corrected chi connectivity index (χ1v) is 18.0. The lowest BCUT2D eigenvalue weighted by Crippen LogP contribution is -2.22. The molecule has 3 aliphatic rings. The molecule has 0 radical (unpaired) electrons. The predicted molar refractivity (Wildman–Crippen MR) is 190 cm³/mol. The Bertz CT molecular complexity index is 2340. The van der Waals surface area contributed by atoms with Gasteiger partial charge in [0, 0.05) is 40.7 Å². The number of ether oxygens (including phenoxy) is 1. The Labute approximate surface area is 296 Å². The summed E-state index contributed by atoms with van der Waals surface area (Å²) in [5.41, 5.74) is 6.69. The maximum Gasteiger partial charge on any atom is 0.257 e. The highest BCUT2D eigenvalue weighted by Crippen LogP contribution is 2.51. The summed E-state index contributed by atoms with van der Waals surface area (Å²) >= 11 is 7.92. The van der Waals surface area contributed by atoms with Crippen LogP contribution in [0.1, 0.15) is 75.7 Å². The average Bonchev–Trinajstić information content (AvgIpc) is 3.95. The number of halogens is 2. The van der Waals surface area contributed by atoms with Gasteiger partial charge in [-0.15, -0.1) is 21.5 Å². The summed E-state index contributed by atoms with van der Waals surface area (Å²) in [5.74, 6) is 1.44. The second-order valence-corrected chi connectivity index (χ2v) is 14.5. The number of pyridine rings is 2. The number of methoxy groups -OCH3 is 1. The topological polar surface area (TPSA) is 106 Å². The molecule has 252 valence electrons. The van der Waals surface area contributed by atoms with Crippen molar-refractivity contribution < 1.29 is 18.3 Å². The number of anilines is 1. The van der Waals surface area contributed by atoms with E-state index in [2.05, 4.69) is 27.6 Å². The van der Waals surface area contributed by atoms with E-state index in [1.807, 2.05) is 35.2 Å². The van der Waals surface area contributed by atoms with Crippen LogP contribution in [0, 0.1) is 12.7 Å². The molecule has 1 saturated heterocycles. The van der Waals surface area contributed by atoms with Crippen molar-refractivity contribution in [3.05, 3.63) is 105 Å². The van der Waals surface area contributed by atoms with Crippen molar-refractivity contribution in [1.82, 2.24) is 25.1 Å². The Kier molecular flexibility index (Phi) is 7.58. The molecule has 50 heavy (non-hydrogen) atoms. The molecule has 4 aromatic heterocycles. The zero-order chi connectivity index (χ0) is 34.1. The normalized spacial score (nSPS) is 17.8. The van der Waals surface area contributed by atoms with Gasteiger partial charge in [-0.05, 0) is 85.4 Å². The molecule has 1 N–H and O–H groups in total. The molecule has 2 aliphatic heterocycles. The lowest BCUT2D eigenvalue weighted by molar-refractivity contribution is 0.0776. The summed E-state index contributed by atoms with van der Waals surface area (Å²) < 4.78 is 27.0. The summed E-state index contributed by atoms with van der Waals surface area (Å²) in [6.07, 6.45) is 6.37. The number of carbonyl (C=O) groups is 1. The predicted octanol–water partition coefficient (Wildman–Crippen LogP) is 8.69. The van der Waals surface area contributed by atoms with Crippen LogP contribution >= 0.6 is 22.9 Å². The average molecular weight is 707 g/mol. The van der Waals surface area contributed by atoms with Crippen LogP contribution in [0.25, 0.3) is 32.0 Å². The van der Waals surface area contributed by atoms with E-state index in [4.69, 9.17) is 30.7 Å². The summed E-state index contributed by atoms with van der Waals surface area (Å²) in [5, 5.41) is 14.0. The highest BCUT2D eigenvalue weighted by Gasteiger charge is 2.45. The lowest BCUT2D eigenvalue weighted by Gasteiger charge is -2.16. The molecule has 9 rings (SSSR count). The molecule has 2 aromatic carbocycles. The number of nitrogens with zero attached hydrogens (tertiary/aromatic N) is 5. The molecule has 1 amide bonds. The zero-order valence-electron chi connectivity index (χ0n) is 27.4. The Morgan fingerprint density at radius 2 is 2.00 bits per heavy atom. The number of aryl methyl sites for hydroxylation is 3. The number of rotatable bonds is 8. The molecule has 0 bridgehead atoms. The van der Waals surface area contributed by atoms with Crippen molar-refractivity contribution in [2.45, 2.75) is 57.5 Å². The van der Waals surface area contributed by atoms with E-state index < -0.39 is 0 Å². The quantitative estimate of drug-likeness (QED) is 0.168. The molecule has 6 aromatic rings. The van der Waals surface area contributed by atoms with Gasteiger partial charge in [0.2, 0.25) is 11.8 Å². The lowest BCUT2D eigenvalue weighted by atomic mass is 9.93. The third-order valence-corrected chi connectivity index (χ3v) is 11.5. The van der Waals surface area contributed by atoms with Gasteiger partial charge >= 0.3 is 0 Å². The second kappa shape index (κ2) is 12.2. The van der Waals surface area contributed by atoms with E-state index in [1.165, 1.54) is 13.2 Å². The van der Waals surface area contributed by atoms with E-state index in [0.29, 0.717) is 59.5 Å². The number of hydrogen-bond acceptors (Lipinski definition) is 9. The first-order chi connectivity index (χ1) is 24.4. The molecule has 2 atom stereocenters. The highest BCUT2D eigenvalue weighted by atomic mass is 35.5. The molecule has 1 fully saturated rings. The minimum atomic E-state index is -0.353. The standard InChI is InChI=1S/C38H32ClFN6O3S/c1-19-44-45-37(49-19)30-27(12-8-20-5-3-6-22(39)17-20)42-33-28-7-4-16-46(28)38(47)32(33)31(30)29-18-21-14-15-41-36(35(21)50-29)43-26-13-10-24-23(26)9-11-25(40)34(24)48-2/h3,5-6,9,11,14-15,17-18,26,28H,4,7-8,10,12-13,16H2,1-2H3,(H,41,43)/t26-,28?/m0/s1. The fourth-order valence-electron chi connectivity index (χ4n) is 7.93. The van der Waals surface area contributed by atoms with Gasteiger partial charge in [0.05, 0.1) is 46.4 Å². The van der Waals surface area contributed by atoms with Gasteiger partial charge in [-0.2, -0.15) is 0 Å². The summed E-state index contributed by atoms with van der Waals surface area (Å²) in [6.45, 7) is 2.46. The third kappa shape index (κ3) is 5.05. The summed E-state index contributed by atoms with van der Waals surface area (Å²) in [7, 11) is 1.51. The molecule has 12 heteroatoms. The van der Waals surface area contributed by atoms with Crippen LogP contribution in [-0.2, 0) is 19.3 Å². The minimum absolute atomic E-state index is 0.0125. The minimum Gasteiger partial charge on any atom is -0.493 e. The van der Waals surface area contributed by atoms with Crippen LogP contribution in [0.15, 0.2) is 59.1 Å². The smallest absolute Gasteiger partial charge is 0.257 e. The van der Waals surface area contributed by atoms with E-state index in [-0.39, 0.29) is 23.8 Å². The van der Waals surface area contributed by atoms with Gasteiger partial charge < -0.3 is 19.4 Å². The Morgan fingerprint density at radius 3 is 2.82 bits per heavy atom. The molecular weight excluding hydrogens is 675 g/mol. The number of aromatic nitrogens is 4. The van der Waals surface area contributed by atoms with Crippen LogP contribution in [0.4, 0.5) is 10.2 Å². The Morgan fingerprint density at radius 1 is 1.10 bits per heavy atom. The van der Waals surface area contributed by atoms with Crippen molar-refractivity contribution in [2.24, 2.45) is 0 Å². The van der Waals surface area contributed by atoms with Crippen LogP contribution in [0.5, 0.6) is 5.75 Å². The number of carbonyl (C=O) groups excluding carboxylic acids is 1. The van der Waals surface area contributed by atoms with Crippen LogP contribution in [0.2, 0.25) is 5.02 Å². The van der Waals surface area contributed by atoms with Crippen LogP contribution in [-0.4, -0.2) is 44.6 Å². The van der Waals surface area contributed by atoms with Crippen molar-refractivity contribution >= 4 is 44.7 Å². The highest BCUT2D eigenvalue weighted by molar-refractivity contribution is 7.23. The molecule has 9 nitrogen and oxygen atoms in total. The van der Waals surface area contributed by atoms with E-state index >= 15 is 0 Å². The van der Waals surface area contributed by atoms with Gasteiger partial charge in [0.1, 0.15) is 5.82 Å². The van der Waals surface area contributed by atoms with Gasteiger partial charge in [0.25, 0.3) is 5.91 Å². The van der Waals surface area contributed by atoms with E-state index in [0.717, 1.165) is 73.7 Å². The van der Waals surface area contributed by atoms with Gasteiger partial charge in [-0.3, -0.25) is 9.78 Å². The maximum atomic E-state index is 14.5. The van der Waals surface area contributed by atoms with Crippen molar-refractivity contribution in [2.75, 3.05) is 19.0 Å². The number of hydrogen-bond donors (Lipinski definition) is 1. The monoisotopic (exact) mass is 706 g/mol. The van der Waals surface area contributed by atoms with Gasteiger partial charge in [-0.25, -0.2) is 9.37 Å². The number of benzene rings is 2. The van der Waals surface area contributed by atoms with Gasteiger partial charge in [-0.1, -0.05) is 29.8 Å². The molecular formula is C38H32ClFN6O3S. The fraction of sp³-hybridized carbons (Fsp3) is 0.289.